The van der Waals surface area contributed by atoms with Crippen LogP contribution >= 0.6 is 0 Å². The molecule has 0 saturated heterocycles. The van der Waals surface area contributed by atoms with E-state index < -0.39 is 6.10 Å². The van der Waals surface area contributed by atoms with Crippen molar-refractivity contribution in [2.24, 2.45) is 5.92 Å². The quantitative estimate of drug-likeness (QED) is 0.805. The summed E-state index contributed by atoms with van der Waals surface area (Å²) >= 11 is 0. The van der Waals surface area contributed by atoms with Gasteiger partial charge in [-0.25, -0.2) is 4.98 Å². The zero-order valence-electron chi connectivity index (χ0n) is 12.0. The number of aliphatic hydroxyl groups is 1. The molecule has 1 aliphatic rings. The molecule has 0 aliphatic heterocycles. The van der Waals surface area contributed by atoms with Crippen molar-refractivity contribution in [2.45, 2.75) is 18.9 Å². The van der Waals surface area contributed by atoms with Gasteiger partial charge in [0.25, 0.3) is 0 Å². The Kier molecular flexibility index (Phi) is 3.24. The monoisotopic (exact) mass is 292 g/mol. The third-order valence-corrected chi connectivity index (χ3v) is 4.22. The highest BCUT2D eigenvalue weighted by molar-refractivity contribution is 5.49. The first kappa shape index (κ1) is 13.2. The second kappa shape index (κ2) is 5.39. The van der Waals surface area contributed by atoms with Gasteiger partial charge in [0.2, 0.25) is 5.89 Å². The van der Waals surface area contributed by atoms with Crippen LogP contribution in [0.25, 0.3) is 11.5 Å². The Bertz CT molecular complexity index is 758. The van der Waals surface area contributed by atoms with Crippen LogP contribution in [0.2, 0.25) is 0 Å². The topological polar surface area (TPSA) is 59.2 Å². The lowest BCUT2D eigenvalue weighted by atomic mass is 9.99. The van der Waals surface area contributed by atoms with E-state index in [0.29, 0.717) is 11.7 Å². The average Bonchev–Trinajstić information content (AvgIpc) is 3.22. The zero-order valence-corrected chi connectivity index (χ0v) is 12.0. The molecule has 0 amide bonds. The van der Waals surface area contributed by atoms with Crippen molar-refractivity contribution >= 4 is 0 Å². The van der Waals surface area contributed by atoms with Crippen molar-refractivity contribution in [1.29, 1.82) is 0 Å². The maximum Gasteiger partial charge on any atom is 0.224 e. The maximum atomic E-state index is 10.6. The summed E-state index contributed by atoms with van der Waals surface area (Å²) in [5, 5.41) is 10.6. The SMILES string of the molecule is OC(c1ncc(-c2ccccn2)o1)C1Cc2ccccc2C1. The fourth-order valence-electron chi connectivity index (χ4n) is 3.07. The van der Waals surface area contributed by atoms with Gasteiger partial charge in [-0.3, -0.25) is 4.98 Å². The Morgan fingerprint density at radius 3 is 2.41 bits per heavy atom. The molecule has 1 unspecified atom stereocenters. The first-order chi connectivity index (χ1) is 10.8. The van der Waals surface area contributed by atoms with Crippen LogP contribution < -0.4 is 0 Å². The molecule has 4 rings (SSSR count). The van der Waals surface area contributed by atoms with Gasteiger partial charge in [0, 0.05) is 12.1 Å². The summed E-state index contributed by atoms with van der Waals surface area (Å²) in [6.07, 6.45) is 4.37. The molecule has 3 aromatic rings. The van der Waals surface area contributed by atoms with Gasteiger partial charge in [0.1, 0.15) is 11.8 Å². The molecule has 2 heterocycles. The first-order valence-corrected chi connectivity index (χ1v) is 7.43. The molecule has 0 radical (unpaired) electrons. The molecule has 110 valence electrons. The van der Waals surface area contributed by atoms with Crippen molar-refractivity contribution in [3.05, 3.63) is 71.9 Å². The van der Waals surface area contributed by atoms with Crippen LogP contribution in [-0.2, 0) is 12.8 Å². The fourth-order valence-corrected chi connectivity index (χ4v) is 3.07. The van der Waals surface area contributed by atoms with E-state index in [-0.39, 0.29) is 5.92 Å². The Labute approximate surface area is 128 Å². The van der Waals surface area contributed by atoms with E-state index in [4.69, 9.17) is 4.42 Å². The minimum absolute atomic E-state index is 0.118. The summed E-state index contributed by atoms with van der Waals surface area (Å²) in [6.45, 7) is 0. The van der Waals surface area contributed by atoms with Gasteiger partial charge in [-0.05, 0) is 36.1 Å². The van der Waals surface area contributed by atoms with E-state index in [2.05, 4.69) is 22.1 Å². The van der Waals surface area contributed by atoms with E-state index in [1.165, 1.54) is 11.1 Å². The molecule has 0 spiro atoms. The third kappa shape index (κ3) is 2.31. The van der Waals surface area contributed by atoms with Crippen molar-refractivity contribution in [2.75, 3.05) is 0 Å². The average molecular weight is 292 g/mol. The van der Waals surface area contributed by atoms with E-state index in [1.54, 1.807) is 12.4 Å². The summed E-state index contributed by atoms with van der Waals surface area (Å²) in [7, 11) is 0. The predicted octanol–water partition coefficient (Wildman–Crippen LogP) is 3.19. The Morgan fingerprint density at radius 1 is 1.00 bits per heavy atom. The third-order valence-electron chi connectivity index (χ3n) is 4.22. The Balaban J connectivity index is 1.55. The summed E-state index contributed by atoms with van der Waals surface area (Å²) in [5.74, 6) is 1.08. The van der Waals surface area contributed by atoms with Crippen LogP contribution in [0, 0.1) is 5.92 Å². The van der Waals surface area contributed by atoms with Crippen LogP contribution in [0.15, 0.2) is 59.3 Å². The summed E-state index contributed by atoms with van der Waals surface area (Å²) in [4.78, 5) is 8.48. The van der Waals surface area contributed by atoms with Crippen LogP contribution in [0.4, 0.5) is 0 Å². The smallest absolute Gasteiger partial charge is 0.224 e. The number of benzene rings is 1. The van der Waals surface area contributed by atoms with Crippen LogP contribution in [-0.4, -0.2) is 15.1 Å². The minimum atomic E-state index is -0.690. The molecular weight excluding hydrogens is 276 g/mol. The van der Waals surface area contributed by atoms with Gasteiger partial charge in [-0.2, -0.15) is 0 Å². The number of nitrogens with zero attached hydrogens (tertiary/aromatic N) is 2. The van der Waals surface area contributed by atoms with Crippen molar-refractivity contribution in [3.8, 4) is 11.5 Å². The van der Waals surface area contributed by atoms with E-state index >= 15 is 0 Å². The molecule has 22 heavy (non-hydrogen) atoms. The zero-order chi connectivity index (χ0) is 14.9. The summed E-state index contributed by atoms with van der Waals surface area (Å²) in [5.41, 5.74) is 3.34. The molecule has 1 atom stereocenters. The van der Waals surface area contributed by atoms with Gasteiger partial charge in [-0.1, -0.05) is 30.3 Å². The molecule has 4 nitrogen and oxygen atoms in total. The standard InChI is InChI=1S/C18H16N2O2/c21-17(14-9-12-5-1-2-6-13(12)10-14)18-20-11-16(22-18)15-7-3-4-8-19-15/h1-8,11,14,17,21H,9-10H2. The molecule has 4 heteroatoms. The molecule has 2 aromatic heterocycles. The number of hydrogen-bond acceptors (Lipinski definition) is 4. The number of aromatic nitrogens is 2. The number of aliphatic hydroxyl groups excluding tert-OH is 1. The number of fused-ring (bicyclic) bond motifs is 1. The Hall–Kier alpha value is -2.46. The summed E-state index contributed by atoms with van der Waals surface area (Å²) in [6, 6.07) is 13.9. The maximum absolute atomic E-state index is 10.6. The van der Waals surface area contributed by atoms with E-state index in [0.717, 1.165) is 18.5 Å². The van der Waals surface area contributed by atoms with Crippen LogP contribution in [0.1, 0.15) is 23.1 Å². The predicted molar refractivity (Wildman–Crippen MR) is 82.0 cm³/mol. The van der Waals surface area contributed by atoms with Crippen molar-refractivity contribution in [3.63, 3.8) is 0 Å². The highest BCUT2D eigenvalue weighted by Crippen LogP contribution is 2.35. The number of oxazole rings is 1. The van der Waals surface area contributed by atoms with Gasteiger partial charge in [0.15, 0.2) is 5.76 Å². The molecule has 0 bridgehead atoms. The number of rotatable bonds is 3. The van der Waals surface area contributed by atoms with Crippen LogP contribution in [0.5, 0.6) is 0 Å². The normalized spacial score (nSPS) is 15.7. The van der Waals surface area contributed by atoms with Gasteiger partial charge >= 0.3 is 0 Å². The van der Waals surface area contributed by atoms with E-state index in [9.17, 15) is 5.11 Å². The highest BCUT2D eigenvalue weighted by atomic mass is 16.4. The molecule has 1 aromatic carbocycles. The van der Waals surface area contributed by atoms with Crippen molar-refractivity contribution < 1.29 is 9.52 Å². The van der Waals surface area contributed by atoms with Crippen molar-refractivity contribution in [1.82, 2.24) is 9.97 Å². The lowest BCUT2D eigenvalue weighted by Crippen LogP contribution is -2.13. The largest absolute Gasteiger partial charge is 0.436 e. The molecule has 1 N–H and O–H groups in total. The highest BCUT2D eigenvalue weighted by Gasteiger charge is 2.31. The van der Waals surface area contributed by atoms with Gasteiger partial charge < -0.3 is 9.52 Å². The van der Waals surface area contributed by atoms with Gasteiger partial charge in [0.05, 0.1) is 6.20 Å². The first-order valence-electron chi connectivity index (χ1n) is 7.43. The lowest BCUT2D eigenvalue weighted by molar-refractivity contribution is 0.0856. The van der Waals surface area contributed by atoms with E-state index in [1.807, 2.05) is 30.3 Å². The molecular formula is C18H16N2O2. The summed E-state index contributed by atoms with van der Waals surface area (Å²) < 4.78 is 5.72. The molecule has 1 aliphatic carbocycles. The minimum Gasteiger partial charge on any atom is -0.436 e. The second-order valence-electron chi connectivity index (χ2n) is 5.66. The molecule has 0 fully saturated rings. The second-order valence-corrected chi connectivity index (χ2v) is 5.66. The molecule has 0 saturated carbocycles. The lowest BCUT2D eigenvalue weighted by Gasteiger charge is -2.13. The number of pyridine rings is 1. The fraction of sp³-hybridized carbons (Fsp3) is 0.222. The van der Waals surface area contributed by atoms with Gasteiger partial charge in [-0.15, -0.1) is 0 Å². The Morgan fingerprint density at radius 2 is 1.73 bits per heavy atom. The van der Waals surface area contributed by atoms with Crippen LogP contribution in [0.3, 0.4) is 0 Å². The number of hydrogen-bond donors (Lipinski definition) is 1.